The molecule has 0 amide bonds. The molecule has 0 rings (SSSR count). The number of unbranched alkanes of at least 4 members (excludes halogenated alkanes) is 16. The Morgan fingerprint density at radius 1 is 0.525 bits per heavy atom. The van der Waals surface area contributed by atoms with Gasteiger partial charge in [0.1, 0.15) is 0 Å². The first-order valence-electron chi connectivity index (χ1n) is 16.2. The van der Waals surface area contributed by atoms with Crippen molar-refractivity contribution in [2.24, 2.45) is 0 Å². The summed E-state index contributed by atoms with van der Waals surface area (Å²) >= 11 is 0. The molecule has 0 saturated carbocycles. The number of carboxylic acid groups (broad SMARTS) is 2. The standard InChI is InChI=1S/C22H42O2.C14H22O2/c1-3-4-5-6-7-8-9-10-11-12-13-14-15-16-17-18-19-20-21(2)22(23)24;1-11(2)7-5-8-12(3)9-6-10-13(4)14(15)16/h2-20H2,1H3,(H,23,24);7,9H,4-6,8,10H2,1-3H3,(H,15,16)/b;12-9-. The summed E-state index contributed by atoms with van der Waals surface area (Å²) in [6.45, 7) is 15.6. The summed E-state index contributed by atoms with van der Waals surface area (Å²) in [5.74, 6) is -1.73. The first kappa shape index (κ1) is 40.0. The predicted octanol–water partition coefficient (Wildman–Crippen LogP) is 11.8. The molecule has 0 spiro atoms. The lowest BCUT2D eigenvalue weighted by atomic mass is 10.0. The molecule has 4 nitrogen and oxygen atoms in total. The van der Waals surface area contributed by atoms with Gasteiger partial charge in [0.2, 0.25) is 0 Å². The molecule has 0 unspecified atom stereocenters. The number of carbonyl (C=O) groups is 2. The molecule has 0 radical (unpaired) electrons. The van der Waals surface area contributed by atoms with E-state index in [-0.39, 0.29) is 5.57 Å². The molecule has 0 aromatic carbocycles. The molecule has 0 bridgehead atoms. The smallest absolute Gasteiger partial charge is 0.330 e. The van der Waals surface area contributed by atoms with Crippen molar-refractivity contribution in [2.45, 2.75) is 169 Å². The highest BCUT2D eigenvalue weighted by Crippen LogP contribution is 2.15. The molecule has 0 aromatic rings. The minimum atomic E-state index is -0.893. The molecular weight excluding hydrogens is 496 g/mol. The molecule has 4 heteroatoms. The van der Waals surface area contributed by atoms with Crippen molar-refractivity contribution in [3.05, 3.63) is 47.6 Å². The van der Waals surface area contributed by atoms with Crippen molar-refractivity contribution in [1.29, 1.82) is 0 Å². The third-order valence-corrected chi connectivity index (χ3v) is 7.22. The van der Waals surface area contributed by atoms with Gasteiger partial charge in [-0.1, -0.05) is 146 Å². The molecule has 2 N–H and O–H groups in total. The van der Waals surface area contributed by atoms with E-state index in [1.54, 1.807) is 0 Å². The Hall–Kier alpha value is -2.10. The average Bonchev–Trinajstić information content (AvgIpc) is 2.90. The quantitative estimate of drug-likeness (QED) is 0.0626. The second-order valence-electron chi connectivity index (χ2n) is 11.6. The van der Waals surface area contributed by atoms with Crippen LogP contribution < -0.4 is 0 Å². The normalized spacial score (nSPS) is 10.9. The first-order chi connectivity index (χ1) is 19.1. The lowest BCUT2D eigenvalue weighted by Crippen LogP contribution is -1.98. The van der Waals surface area contributed by atoms with E-state index in [4.69, 9.17) is 10.2 Å². The third-order valence-electron chi connectivity index (χ3n) is 7.22. The van der Waals surface area contributed by atoms with Crippen LogP contribution in [-0.4, -0.2) is 22.2 Å². The first-order valence-corrected chi connectivity index (χ1v) is 16.2. The SMILES string of the molecule is C=C(CC/C=C(/C)CCC=C(C)C)C(=O)O.C=C(CCCCCCCCCCCCCCCCCCC)C(=O)O. The van der Waals surface area contributed by atoms with Crippen LogP contribution in [0, 0.1) is 0 Å². The van der Waals surface area contributed by atoms with Gasteiger partial charge >= 0.3 is 11.9 Å². The van der Waals surface area contributed by atoms with Crippen LogP contribution in [0.3, 0.4) is 0 Å². The minimum absolute atomic E-state index is 0.286. The molecule has 0 aliphatic rings. The summed E-state index contributed by atoms with van der Waals surface area (Å²) in [6, 6.07) is 0. The fourth-order valence-corrected chi connectivity index (χ4v) is 4.46. The monoisotopic (exact) mass is 560 g/mol. The van der Waals surface area contributed by atoms with Crippen molar-refractivity contribution in [3.8, 4) is 0 Å². The predicted molar refractivity (Wildman–Crippen MR) is 174 cm³/mol. The summed E-state index contributed by atoms with van der Waals surface area (Å²) in [6.07, 6.45) is 31.4. The maximum Gasteiger partial charge on any atom is 0.330 e. The summed E-state index contributed by atoms with van der Waals surface area (Å²) in [5, 5.41) is 17.3. The van der Waals surface area contributed by atoms with E-state index in [0.29, 0.717) is 18.4 Å². The Kier molecular flexibility index (Phi) is 29.9. The van der Waals surface area contributed by atoms with E-state index in [1.807, 2.05) is 0 Å². The van der Waals surface area contributed by atoms with E-state index < -0.39 is 11.9 Å². The lowest BCUT2D eigenvalue weighted by molar-refractivity contribution is -0.133. The highest BCUT2D eigenvalue weighted by Gasteiger charge is 2.03. The van der Waals surface area contributed by atoms with Gasteiger partial charge in [-0.25, -0.2) is 9.59 Å². The van der Waals surface area contributed by atoms with Crippen LogP contribution in [0.1, 0.15) is 169 Å². The fraction of sp³-hybridized carbons (Fsp3) is 0.722. The van der Waals surface area contributed by atoms with Crippen LogP contribution in [0.4, 0.5) is 0 Å². The van der Waals surface area contributed by atoms with Gasteiger partial charge < -0.3 is 10.2 Å². The van der Waals surface area contributed by atoms with Crippen molar-refractivity contribution in [1.82, 2.24) is 0 Å². The van der Waals surface area contributed by atoms with Crippen molar-refractivity contribution in [3.63, 3.8) is 0 Å². The van der Waals surface area contributed by atoms with Gasteiger partial charge in [0, 0.05) is 11.1 Å². The molecule has 232 valence electrons. The van der Waals surface area contributed by atoms with Gasteiger partial charge in [-0.15, -0.1) is 0 Å². The zero-order valence-electron chi connectivity index (χ0n) is 26.8. The lowest BCUT2D eigenvalue weighted by Gasteiger charge is -2.04. The third kappa shape index (κ3) is 32.1. The van der Waals surface area contributed by atoms with Crippen LogP contribution in [0.25, 0.3) is 0 Å². The topological polar surface area (TPSA) is 74.6 Å². The van der Waals surface area contributed by atoms with Gasteiger partial charge in [-0.2, -0.15) is 0 Å². The molecule has 0 atom stereocenters. The van der Waals surface area contributed by atoms with E-state index in [2.05, 4.69) is 53.0 Å². The number of hydrogen-bond donors (Lipinski definition) is 2. The maximum atomic E-state index is 10.6. The number of carboxylic acids is 2. The van der Waals surface area contributed by atoms with Gasteiger partial charge in [0.25, 0.3) is 0 Å². The van der Waals surface area contributed by atoms with Gasteiger partial charge in [-0.3, -0.25) is 0 Å². The average molecular weight is 561 g/mol. The van der Waals surface area contributed by atoms with E-state index in [0.717, 1.165) is 32.1 Å². The Bertz CT molecular complexity index is 725. The summed E-state index contributed by atoms with van der Waals surface area (Å²) in [4.78, 5) is 21.1. The summed E-state index contributed by atoms with van der Waals surface area (Å²) in [5.41, 5.74) is 3.30. The number of aliphatic carboxylic acids is 2. The Labute approximate surface area is 248 Å². The molecule has 0 fully saturated rings. The minimum Gasteiger partial charge on any atom is -0.478 e. The zero-order valence-corrected chi connectivity index (χ0v) is 26.8. The Morgan fingerprint density at radius 2 is 0.875 bits per heavy atom. The highest BCUT2D eigenvalue weighted by atomic mass is 16.4. The molecule has 0 heterocycles. The molecule has 0 aliphatic carbocycles. The molecule has 0 aliphatic heterocycles. The van der Waals surface area contributed by atoms with Gasteiger partial charge in [0.05, 0.1) is 0 Å². The van der Waals surface area contributed by atoms with Crippen molar-refractivity contribution >= 4 is 11.9 Å². The van der Waals surface area contributed by atoms with Crippen LogP contribution in [0.5, 0.6) is 0 Å². The molecular formula is C36H64O4. The zero-order chi connectivity index (χ0) is 30.4. The van der Waals surface area contributed by atoms with E-state index in [9.17, 15) is 9.59 Å². The largest absolute Gasteiger partial charge is 0.478 e. The number of allylic oxidation sites excluding steroid dienone is 4. The fourth-order valence-electron chi connectivity index (χ4n) is 4.46. The highest BCUT2D eigenvalue weighted by molar-refractivity contribution is 5.86. The number of hydrogen-bond acceptors (Lipinski definition) is 2. The maximum absolute atomic E-state index is 10.6. The van der Waals surface area contributed by atoms with Gasteiger partial charge in [0.15, 0.2) is 0 Å². The van der Waals surface area contributed by atoms with Crippen LogP contribution in [-0.2, 0) is 9.59 Å². The number of rotatable bonds is 26. The van der Waals surface area contributed by atoms with Gasteiger partial charge in [-0.05, 0) is 59.3 Å². The van der Waals surface area contributed by atoms with Crippen LogP contribution in [0.15, 0.2) is 47.6 Å². The van der Waals surface area contributed by atoms with Crippen molar-refractivity contribution < 1.29 is 19.8 Å². The second kappa shape index (κ2) is 29.9. The molecule has 40 heavy (non-hydrogen) atoms. The van der Waals surface area contributed by atoms with Crippen LogP contribution >= 0.6 is 0 Å². The Balaban J connectivity index is 0. The summed E-state index contributed by atoms with van der Waals surface area (Å²) in [7, 11) is 0. The van der Waals surface area contributed by atoms with Crippen molar-refractivity contribution in [2.75, 3.05) is 0 Å². The van der Waals surface area contributed by atoms with E-state index >= 15 is 0 Å². The summed E-state index contributed by atoms with van der Waals surface area (Å²) < 4.78 is 0. The molecule has 0 saturated heterocycles. The Morgan fingerprint density at radius 3 is 1.25 bits per heavy atom. The second-order valence-corrected chi connectivity index (χ2v) is 11.6. The van der Waals surface area contributed by atoms with E-state index in [1.165, 1.54) is 107 Å². The van der Waals surface area contributed by atoms with Crippen LogP contribution in [0.2, 0.25) is 0 Å². The molecule has 0 aromatic heterocycles.